The SMILES string of the molecule is CCOC(=O)NC(N)=NCCCC[NH3+]. The van der Waals surface area contributed by atoms with Crippen molar-refractivity contribution in [3.05, 3.63) is 0 Å². The molecule has 0 aliphatic carbocycles. The topological polar surface area (TPSA) is 104 Å². The van der Waals surface area contributed by atoms with E-state index in [1.165, 1.54) is 0 Å². The first-order valence-corrected chi connectivity index (χ1v) is 4.73. The zero-order valence-corrected chi connectivity index (χ0v) is 8.58. The molecule has 0 saturated carbocycles. The van der Waals surface area contributed by atoms with E-state index >= 15 is 0 Å². The Hall–Kier alpha value is -1.30. The smallest absolute Gasteiger partial charge is 0.413 e. The van der Waals surface area contributed by atoms with Crippen molar-refractivity contribution in [2.45, 2.75) is 19.8 Å². The van der Waals surface area contributed by atoms with E-state index in [0.29, 0.717) is 13.2 Å². The molecule has 0 spiro atoms. The number of amides is 1. The Morgan fingerprint density at radius 1 is 1.57 bits per heavy atom. The fraction of sp³-hybridized carbons (Fsp3) is 0.750. The molecular formula is C8H19N4O2+. The van der Waals surface area contributed by atoms with Crippen LogP contribution in [0.15, 0.2) is 4.99 Å². The highest BCUT2D eigenvalue weighted by Crippen LogP contribution is 1.85. The molecule has 0 aromatic heterocycles. The minimum atomic E-state index is -0.564. The molecule has 0 unspecified atom stereocenters. The molecule has 0 radical (unpaired) electrons. The molecule has 0 bridgehead atoms. The van der Waals surface area contributed by atoms with Crippen LogP contribution in [0.1, 0.15) is 19.8 Å². The van der Waals surface area contributed by atoms with Gasteiger partial charge >= 0.3 is 6.09 Å². The Morgan fingerprint density at radius 3 is 2.86 bits per heavy atom. The van der Waals surface area contributed by atoms with Crippen molar-refractivity contribution in [2.75, 3.05) is 19.7 Å². The van der Waals surface area contributed by atoms with Crippen LogP contribution in [-0.2, 0) is 4.74 Å². The van der Waals surface area contributed by atoms with Crippen LogP contribution in [0.4, 0.5) is 4.79 Å². The first kappa shape index (κ1) is 12.7. The Bertz CT molecular complexity index is 194. The fourth-order valence-corrected chi connectivity index (χ4v) is 0.799. The largest absolute Gasteiger partial charge is 0.450 e. The molecule has 0 saturated heterocycles. The second-order valence-electron chi connectivity index (χ2n) is 2.67. The van der Waals surface area contributed by atoms with Gasteiger partial charge in [-0.3, -0.25) is 10.3 Å². The highest BCUT2D eigenvalue weighted by Gasteiger charge is 2.00. The lowest BCUT2D eigenvalue weighted by Gasteiger charge is -2.03. The first-order chi connectivity index (χ1) is 6.70. The summed E-state index contributed by atoms with van der Waals surface area (Å²) in [6.07, 6.45) is 1.37. The molecule has 6 N–H and O–H groups in total. The number of quaternary nitrogens is 1. The molecule has 6 heteroatoms. The lowest BCUT2D eigenvalue weighted by Crippen LogP contribution is -2.50. The van der Waals surface area contributed by atoms with Crippen molar-refractivity contribution in [3.8, 4) is 0 Å². The Labute approximate surface area is 83.7 Å². The van der Waals surface area contributed by atoms with Crippen LogP contribution < -0.4 is 16.8 Å². The summed E-state index contributed by atoms with van der Waals surface area (Å²) in [5.41, 5.74) is 9.12. The van der Waals surface area contributed by atoms with Gasteiger partial charge in [-0.1, -0.05) is 0 Å². The number of unbranched alkanes of at least 4 members (excludes halogenated alkanes) is 1. The van der Waals surface area contributed by atoms with E-state index in [9.17, 15) is 4.79 Å². The van der Waals surface area contributed by atoms with Crippen molar-refractivity contribution in [3.63, 3.8) is 0 Å². The summed E-state index contributed by atoms with van der Waals surface area (Å²) < 4.78 is 4.62. The predicted octanol–water partition coefficient (Wildman–Crippen LogP) is -0.931. The number of carbonyl (C=O) groups is 1. The minimum absolute atomic E-state index is 0.104. The predicted molar refractivity (Wildman–Crippen MR) is 53.6 cm³/mol. The van der Waals surface area contributed by atoms with Gasteiger partial charge < -0.3 is 16.2 Å². The third kappa shape index (κ3) is 7.35. The average molecular weight is 203 g/mol. The van der Waals surface area contributed by atoms with Crippen LogP contribution in [0, 0.1) is 0 Å². The van der Waals surface area contributed by atoms with Crippen LogP contribution in [-0.4, -0.2) is 31.7 Å². The summed E-state index contributed by atoms with van der Waals surface area (Å²) in [5.74, 6) is 0.104. The van der Waals surface area contributed by atoms with Gasteiger partial charge in [-0.05, 0) is 19.8 Å². The van der Waals surface area contributed by atoms with Gasteiger partial charge in [-0.25, -0.2) is 4.79 Å². The fourth-order valence-electron chi connectivity index (χ4n) is 0.799. The highest BCUT2D eigenvalue weighted by atomic mass is 16.5. The third-order valence-corrected chi connectivity index (χ3v) is 1.45. The van der Waals surface area contributed by atoms with Crippen LogP contribution in [0.3, 0.4) is 0 Å². The lowest BCUT2D eigenvalue weighted by atomic mass is 10.3. The van der Waals surface area contributed by atoms with E-state index < -0.39 is 6.09 Å². The van der Waals surface area contributed by atoms with Crippen molar-refractivity contribution in [1.29, 1.82) is 0 Å². The van der Waals surface area contributed by atoms with Crippen molar-refractivity contribution < 1.29 is 15.3 Å². The molecule has 0 rings (SSSR count). The molecule has 0 fully saturated rings. The maximum absolute atomic E-state index is 10.8. The molecule has 0 aliphatic rings. The standard InChI is InChI=1S/C8H18N4O2/c1-2-14-8(13)12-7(10)11-6-4-3-5-9/h2-6,9H2,1H3,(H3,10,11,12,13)/p+1. The number of nitrogens with one attached hydrogen (secondary N) is 1. The summed E-state index contributed by atoms with van der Waals surface area (Å²) >= 11 is 0. The van der Waals surface area contributed by atoms with Crippen LogP contribution in [0.2, 0.25) is 0 Å². The van der Waals surface area contributed by atoms with Crippen LogP contribution in [0.25, 0.3) is 0 Å². The quantitative estimate of drug-likeness (QED) is 0.305. The van der Waals surface area contributed by atoms with Gasteiger partial charge in [0.1, 0.15) is 0 Å². The molecule has 14 heavy (non-hydrogen) atoms. The number of hydrogen-bond acceptors (Lipinski definition) is 3. The van der Waals surface area contributed by atoms with E-state index in [4.69, 9.17) is 5.73 Å². The summed E-state index contributed by atoms with van der Waals surface area (Å²) in [7, 11) is 0. The molecule has 6 nitrogen and oxygen atoms in total. The molecule has 0 aliphatic heterocycles. The lowest BCUT2D eigenvalue weighted by molar-refractivity contribution is -0.368. The molecule has 0 aromatic carbocycles. The molecule has 82 valence electrons. The zero-order chi connectivity index (χ0) is 10.8. The normalized spacial score (nSPS) is 11.1. The number of rotatable bonds is 5. The number of ether oxygens (including phenoxy) is 1. The average Bonchev–Trinajstić information content (AvgIpc) is 2.13. The zero-order valence-electron chi connectivity index (χ0n) is 8.58. The van der Waals surface area contributed by atoms with Gasteiger partial charge in [0.25, 0.3) is 0 Å². The second kappa shape index (κ2) is 8.31. The van der Waals surface area contributed by atoms with Gasteiger partial charge in [-0.2, -0.15) is 0 Å². The van der Waals surface area contributed by atoms with Crippen LogP contribution >= 0.6 is 0 Å². The third-order valence-electron chi connectivity index (χ3n) is 1.45. The number of aliphatic imine (C=N–C) groups is 1. The maximum Gasteiger partial charge on any atom is 0.413 e. The van der Waals surface area contributed by atoms with Gasteiger partial charge in [-0.15, -0.1) is 0 Å². The van der Waals surface area contributed by atoms with Crippen molar-refractivity contribution >= 4 is 12.1 Å². The number of guanidine groups is 1. The number of alkyl carbamates (subject to hydrolysis) is 1. The molecular weight excluding hydrogens is 184 g/mol. The number of nitrogens with zero attached hydrogens (tertiary/aromatic N) is 1. The first-order valence-electron chi connectivity index (χ1n) is 4.73. The maximum atomic E-state index is 10.8. The second-order valence-corrected chi connectivity index (χ2v) is 2.67. The number of hydrogen-bond donors (Lipinski definition) is 3. The summed E-state index contributed by atoms with van der Waals surface area (Å²) in [5, 5.41) is 2.31. The Balaban J connectivity index is 3.60. The van der Waals surface area contributed by atoms with E-state index in [1.54, 1.807) is 6.92 Å². The van der Waals surface area contributed by atoms with Crippen molar-refractivity contribution in [1.82, 2.24) is 5.32 Å². The Kier molecular flexibility index (Phi) is 7.53. The molecule has 1 amide bonds. The van der Waals surface area contributed by atoms with E-state index in [-0.39, 0.29) is 5.96 Å². The van der Waals surface area contributed by atoms with Gasteiger partial charge in [0, 0.05) is 6.54 Å². The van der Waals surface area contributed by atoms with E-state index in [1.807, 2.05) is 0 Å². The summed E-state index contributed by atoms with van der Waals surface area (Å²) in [6, 6.07) is 0. The van der Waals surface area contributed by atoms with Gasteiger partial charge in [0.15, 0.2) is 5.96 Å². The summed E-state index contributed by atoms with van der Waals surface area (Å²) in [6.45, 7) is 3.54. The molecule has 0 atom stereocenters. The highest BCUT2D eigenvalue weighted by molar-refractivity contribution is 5.92. The number of carbonyl (C=O) groups excluding carboxylic acids is 1. The van der Waals surface area contributed by atoms with Gasteiger partial charge in [0.2, 0.25) is 0 Å². The summed E-state index contributed by atoms with van der Waals surface area (Å²) in [4.78, 5) is 14.8. The number of nitrogens with two attached hydrogens (primary N) is 1. The van der Waals surface area contributed by atoms with E-state index in [2.05, 4.69) is 20.8 Å². The molecule has 0 aromatic rings. The van der Waals surface area contributed by atoms with Crippen LogP contribution in [0.5, 0.6) is 0 Å². The van der Waals surface area contributed by atoms with Crippen molar-refractivity contribution in [2.24, 2.45) is 10.7 Å². The Morgan fingerprint density at radius 2 is 2.29 bits per heavy atom. The monoisotopic (exact) mass is 203 g/mol. The van der Waals surface area contributed by atoms with E-state index in [0.717, 1.165) is 19.4 Å². The molecule has 0 heterocycles. The van der Waals surface area contributed by atoms with Gasteiger partial charge in [0.05, 0.1) is 13.2 Å². The minimum Gasteiger partial charge on any atom is -0.450 e.